The molecule has 1 rings (SSSR count). The normalized spacial score (nSPS) is 12.4. The van der Waals surface area contributed by atoms with Gasteiger partial charge in [-0.05, 0) is 37.6 Å². The zero-order valence-electron chi connectivity index (χ0n) is 8.22. The van der Waals surface area contributed by atoms with E-state index in [0.717, 1.165) is 15.6 Å². The van der Waals surface area contributed by atoms with Gasteiger partial charge in [0.1, 0.15) is 5.82 Å². The third kappa shape index (κ3) is 2.93. The number of halogens is 2. The number of nitrogens with two attached hydrogens (primary N) is 1. The summed E-state index contributed by atoms with van der Waals surface area (Å²) in [5, 5.41) is 0. The maximum absolute atomic E-state index is 12.9. The molecule has 1 atom stereocenters. The Bertz CT molecular complexity index is 356. The predicted molar refractivity (Wildman–Crippen MR) is 60.5 cm³/mol. The van der Waals surface area contributed by atoms with E-state index >= 15 is 0 Å². The number of hydrogen-bond donors (Lipinski definition) is 1. The minimum Gasteiger partial charge on any atom is -0.321 e. The Kier molecular flexibility index (Phi) is 3.84. The molecular weight excluding hydrogens is 245 g/mol. The number of hydrogen-bond acceptors (Lipinski definition) is 1. The highest BCUT2D eigenvalue weighted by Gasteiger charge is 2.08. The third-order valence-electron chi connectivity index (χ3n) is 1.83. The summed E-state index contributed by atoms with van der Waals surface area (Å²) in [7, 11) is 0. The Labute approximate surface area is 91.9 Å². The smallest absolute Gasteiger partial charge is 0.123 e. The highest BCUT2D eigenvalue weighted by Crippen LogP contribution is 2.24. The van der Waals surface area contributed by atoms with E-state index in [2.05, 4.69) is 15.9 Å². The Morgan fingerprint density at radius 2 is 2.14 bits per heavy atom. The second kappa shape index (κ2) is 4.71. The molecule has 76 valence electrons. The molecule has 0 aliphatic carbocycles. The average Bonchev–Trinajstić information content (AvgIpc) is 2.08. The molecule has 0 bridgehead atoms. The van der Waals surface area contributed by atoms with Gasteiger partial charge in [0.15, 0.2) is 0 Å². The molecule has 0 saturated carbocycles. The van der Waals surface area contributed by atoms with Gasteiger partial charge in [-0.1, -0.05) is 27.6 Å². The molecule has 0 aromatic heterocycles. The van der Waals surface area contributed by atoms with Crippen LogP contribution in [-0.2, 0) is 0 Å². The van der Waals surface area contributed by atoms with Crippen molar-refractivity contribution < 1.29 is 4.39 Å². The van der Waals surface area contributed by atoms with Crippen molar-refractivity contribution in [3.8, 4) is 0 Å². The first-order valence-corrected chi connectivity index (χ1v) is 5.15. The van der Waals surface area contributed by atoms with Crippen LogP contribution in [0.4, 0.5) is 4.39 Å². The number of allylic oxidation sites excluding steroid dienone is 1. The summed E-state index contributed by atoms with van der Waals surface area (Å²) in [6.07, 6.45) is 1.90. The minimum atomic E-state index is -0.263. The SMILES string of the molecule is CC(C)=CC(N)c1cc(F)ccc1Br. The Balaban J connectivity index is 3.05. The van der Waals surface area contributed by atoms with Crippen LogP contribution in [0.2, 0.25) is 0 Å². The molecule has 0 spiro atoms. The van der Waals surface area contributed by atoms with Crippen LogP contribution in [0.15, 0.2) is 34.3 Å². The molecule has 0 amide bonds. The zero-order chi connectivity index (χ0) is 10.7. The van der Waals surface area contributed by atoms with Gasteiger partial charge in [-0.15, -0.1) is 0 Å². The molecule has 1 aromatic rings. The van der Waals surface area contributed by atoms with E-state index in [1.165, 1.54) is 12.1 Å². The fourth-order valence-corrected chi connectivity index (χ4v) is 1.73. The lowest BCUT2D eigenvalue weighted by atomic mass is 10.1. The second-order valence-corrected chi connectivity index (χ2v) is 4.29. The standard InChI is InChI=1S/C11H13BrFN/c1-7(2)5-11(14)9-6-8(13)3-4-10(9)12/h3-6,11H,14H2,1-2H3. The first-order chi connectivity index (χ1) is 6.50. The Morgan fingerprint density at radius 1 is 1.50 bits per heavy atom. The lowest BCUT2D eigenvalue weighted by Crippen LogP contribution is -2.08. The summed E-state index contributed by atoms with van der Waals surface area (Å²) in [4.78, 5) is 0. The summed E-state index contributed by atoms with van der Waals surface area (Å²) < 4.78 is 13.8. The molecule has 0 saturated heterocycles. The molecule has 1 nitrogen and oxygen atoms in total. The minimum absolute atomic E-state index is 0.259. The first kappa shape index (κ1) is 11.4. The lowest BCUT2D eigenvalue weighted by molar-refractivity contribution is 0.623. The van der Waals surface area contributed by atoms with Crippen molar-refractivity contribution >= 4 is 15.9 Å². The first-order valence-electron chi connectivity index (χ1n) is 4.36. The van der Waals surface area contributed by atoms with Gasteiger partial charge < -0.3 is 5.73 Å². The van der Waals surface area contributed by atoms with Crippen molar-refractivity contribution in [2.24, 2.45) is 5.73 Å². The van der Waals surface area contributed by atoms with E-state index in [9.17, 15) is 4.39 Å². The molecule has 2 N–H and O–H groups in total. The van der Waals surface area contributed by atoms with Gasteiger partial charge in [0.2, 0.25) is 0 Å². The fraction of sp³-hybridized carbons (Fsp3) is 0.273. The van der Waals surface area contributed by atoms with E-state index in [1.54, 1.807) is 6.07 Å². The van der Waals surface area contributed by atoms with Crippen molar-refractivity contribution in [2.45, 2.75) is 19.9 Å². The molecule has 1 aromatic carbocycles. The van der Waals surface area contributed by atoms with Crippen LogP contribution in [0.25, 0.3) is 0 Å². The molecule has 3 heteroatoms. The molecular formula is C11H13BrFN. The monoisotopic (exact) mass is 257 g/mol. The molecule has 0 heterocycles. The van der Waals surface area contributed by atoms with Crippen molar-refractivity contribution in [1.82, 2.24) is 0 Å². The fourth-order valence-electron chi connectivity index (χ4n) is 1.22. The van der Waals surface area contributed by atoms with Crippen LogP contribution in [0.5, 0.6) is 0 Å². The van der Waals surface area contributed by atoms with Gasteiger partial charge in [0.25, 0.3) is 0 Å². The van der Waals surface area contributed by atoms with Gasteiger partial charge in [-0.25, -0.2) is 4.39 Å². The third-order valence-corrected chi connectivity index (χ3v) is 2.55. The van der Waals surface area contributed by atoms with Gasteiger partial charge in [-0.2, -0.15) is 0 Å². The van der Waals surface area contributed by atoms with Crippen LogP contribution in [0.1, 0.15) is 25.5 Å². The van der Waals surface area contributed by atoms with Crippen LogP contribution in [0, 0.1) is 5.82 Å². The van der Waals surface area contributed by atoms with Crippen LogP contribution in [0.3, 0.4) is 0 Å². The van der Waals surface area contributed by atoms with Crippen molar-refractivity contribution in [3.63, 3.8) is 0 Å². The summed E-state index contributed by atoms with van der Waals surface area (Å²) in [6.45, 7) is 3.93. The quantitative estimate of drug-likeness (QED) is 0.806. The topological polar surface area (TPSA) is 26.0 Å². The van der Waals surface area contributed by atoms with Crippen LogP contribution >= 0.6 is 15.9 Å². The molecule has 14 heavy (non-hydrogen) atoms. The summed E-state index contributed by atoms with van der Waals surface area (Å²) >= 11 is 3.35. The van der Waals surface area contributed by atoms with E-state index in [-0.39, 0.29) is 11.9 Å². The molecule has 0 fully saturated rings. The molecule has 0 aliphatic heterocycles. The van der Waals surface area contributed by atoms with Gasteiger partial charge in [0, 0.05) is 10.5 Å². The van der Waals surface area contributed by atoms with Gasteiger partial charge in [-0.3, -0.25) is 0 Å². The zero-order valence-corrected chi connectivity index (χ0v) is 9.81. The maximum Gasteiger partial charge on any atom is 0.123 e. The Morgan fingerprint density at radius 3 is 2.71 bits per heavy atom. The summed E-state index contributed by atoms with van der Waals surface area (Å²) in [5.41, 5.74) is 7.78. The van der Waals surface area contributed by atoms with Crippen LogP contribution in [-0.4, -0.2) is 0 Å². The van der Waals surface area contributed by atoms with Crippen molar-refractivity contribution in [1.29, 1.82) is 0 Å². The lowest BCUT2D eigenvalue weighted by Gasteiger charge is -2.10. The largest absolute Gasteiger partial charge is 0.321 e. The van der Waals surface area contributed by atoms with Crippen molar-refractivity contribution in [2.75, 3.05) is 0 Å². The highest BCUT2D eigenvalue weighted by atomic mass is 79.9. The average molecular weight is 258 g/mol. The summed E-state index contributed by atoms with van der Waals surface area (Å²) in [6, 6.07) is 4.27. The molecule has 0 radical (unpaired) electrons. The van der Waals surface area contributed by atoms with Gasteiger partial charge >= 0.3 is 0 Å². The number of benzene rings is 1. The molecule has 1 unspecified atom stereocenters. The van der Waals surface area contributed by atoms with Crippen molar-refractivity contribution in [3.05, 3.63) is 45.7 Å². The number of rotatable bonds is 2. The van der Waals surface area contributed by atoms with Crippen LogP contribution < -0.4 is 5.73 Å². The second-order valence-electron chi connectivity index (χ2n) is 3.44. The van der Waals surface area contributed by atoms with E-state index in [4.69, 9.17) is 5.73 Å². The molecule has 0 aliphatic rings. The van der Waals surface area contributed by atoms with Gasteiger partial charge in [0.05, 0.1) is 0 Å². The Hall–Kier alpha value is -0.670. The maximum atomic E-state index is 12.9. The van der Waals surface area contributed by atoms with E-state index < -0.39 is 0 Å². The predicted octanol–water partition coefficient (Wildman–Crippen LogP) is 3.55. The summed E-state index contributed by atoms with van der Waals surface area (Å²) in [5.74, 6) is -0.263. The highest BCUT2D eigenvalue weighted by molar-refractivity contribution is 9.10. The van der Waals surface area contributed by atoms with E-state index in [0.29, 0.717) is 0 Å². The van der Waals surface area contributed by atoms with E-state index in [1.807, 2.05) is 19.9 Å².